The number of amides is 1. The summed E-state index contributed by atoms with van der Waals surface area (Å²) in [6, 6.07) is 13.5. The molecule has 4 rings (SSSR count). The third-order valence-corrected chi connectivity index (χ3v) is 5.05. The van der Waals surface area contributed by atoms with Gasteiger partial charge in [0.15, 0.2) is 0 Å². The molecule has 0 bridgehead atoms. The van der Waals surface area contributed by atoms with Crippen molar-refractivity contribution in [3.8, 4) is 11.1 Å². The first-order valence-corrected chi connectivity index (χ1v) is 9.30. The Morgan fingerprint density at radius 2 is 1.89 bits per heavy atom. The van der Waals surface area contributed by atoms with Crippen LogP contribution in [0, 0.1) is 6.92 Å². The van der Waals surface area contributed by atoms with E-state index >= 15 is 0 Å². The number of carbonyl (C=O) groups excluding carboxylic acids is 1. The molecule has 0 N–H and O–H groups in total. The van der Waals surface area contributed by atoms with Crippen molar-refractivity contribution in [3.05, 3.63) is 78.1 Å². The summed E-state index contributed by atoms with van der Waals surface area (Å²) in [5.74, 6) is 1.06. The summed E-state index contributed by atoms with van der Waals surface area (Å²) < 4.78 is 0. The van der Waals surface area contributed by atoms with Gasteiger partial charge in [-0.25, -0.2) is 9.97 Å². The topological polar surface area (TPSA) is 59.0 Å². The summed E-state index contributed by atoms with van der Waals surface area (Å²) in [5.41, 5.74) is 3.86. The van der Waals surface area contributed by atoms with Gasteiger partial charge in [-0.3, -0.25) is 9.78 Å². The van der Waals surface area contributed by atoms with Gasteiger partial charge in [-0.05, 0) is 49.6 Å². The summed E-state index contributed by atoms with van der Waals surface area (Å²) in [7, 11) is 0. The van der Waals surface area contributed by atoms with Gasteiger partial charge in [-0.1, -0.05) is 18.2 Å². The largest absolute Gasteiger partial charge is 0.338 e. The SMILES string of the molecule is Cc1ncc(-c2ccncc2)c([C@H]2CCCN(C(=O)c3ccccc3)C2)n1. The van der Waals surface area contributed by atoms with Crippen LogP contribution < -0.4 is 0 Å². The van der Waals surface area contributed by atoms with Gasteiger partial charge >= 0.3 is 0 Å². The molecule has 0 radical (unpaired) electrons. The van der Waals surface area contributed by atoms with E-state index in [9.17, 15) is 4.79 Å². The van der Waals surface area contributed by atoms with Crippen molar-refractivity contribution in [3.63, 3.8) is 0 Å². The number of piperidine rings is 1. The number of likely N-dealkylation sites (tertiary alicyclic amines) is 1. The monoisotopic (exact) mass is 358 g/mol. The highest BCUT2D eigenvalue weighted by Crippen LogP contribution is 2.33. The fourth-order valence-electron chi connectivity index (χ4n) is 3.70. The molecule has 1 aliphatic heterocycles. The van der Waals surface area contributed by atoms with Gasteiger partial charge < -0.3 is 4.90 Å². The Morgan fingerprint density at radius 1 is 1.11 bits per heavy atom. The maximum Gasteiger partial charge on any atom is 0.253 e. The van der Waals surface area contributed by atoms with Crippen LogP contribution in [0.2, 0.25) is 0 Å². The first-order chi connectivity index (χ1) is 13.2. The van der Waals surface area contributed by atoms with Crippen LogP contribution in [0.5, 0.6) is 0 Å². The number of carbonyl (C=O) groups is 1. The van der Waals surface area contributed by atoms with Crippen molar-refractivity contribution >= 4 is 5.91 Å². The number of hydrogen-bond donors (Lipinski definition) is 0. The van der Waals surface area contributed by atoms with Crippen LogP contribution in [0.25, 0.3) is 11.1 Å². The smallest absolute Gasteiger partial charge is 0.253 e. The molecule has 136 valence electrons. The lowest BCUT2D eigenvalue weighted by atomic mass is 9.89. The van der Waals surface area contributed by atoms with Crippen molar-refractivity contribution in [1.82, 2.24) is 19.9 Å². The quantitative estimate of drug-likeness (QED) is 0.713. The normalized spacial score (nSPS) is 16.9. The molecular weight excluding hydrogens is 336 g/mol. The number of benzene rings is 1. The van der Waals surface area contributed by atoms with Crippen LogP contribution in [0.3, 0.4) is 0 Å². The van der Waals surface area contributed by atoms with Gasteiger partial charge in [-0.15, -0.1) is 0 Å². The van der Waals surface area contributed by atoms with Crippen LogP contribution in [-0.2, 0) is 0 Å². The lowest BCUT2D eigenvalue weighted by molar-refractivity contribution is 0.0706. The minimum absolute atomic E-state index is 0.0940. The molecule has 27 heavy (non-hydrogen) atoms. The second-order valence-corrected chi connectivity index (χ2v) is 6.91. The molecular formula is C22H22N4O. The zero-order chi connectivity index (χ0) is 18.6. The number of aromatic nitrogens is 3. The molecule has 0 unspecified atom stereocenters. The van der Waals surface area contributed by atoms with E-state index in [-0.39, 0.29) is 11.8 Å². The standard InChI is InChI=1S/C22H22N4O/c1-16-24-14-20(17-9-11-23-12-10-17)21(25-16)19-8-5-13-26(15-19)22(27)18-6-3-2-4-7-18/h2-4,6-7,9-12,14,19H,5,8,13,15H2,1H3/t19-/m0/s1. The number of nitrogens with zero attached hydrogens (tertiary/aromatic N) is 4. The maximum absolute atomic E-state index is 12.9. The molecule has 0 spiro atoms. The van der Waals surface area contributed by atoms with Crippen molar-refractivity contribution in [2.24, 2.45) is 0 Å². The van der Waals surface area contributed by atoms with Crippen molar-refractivity contribution in [2.75, 3.05) is 13.1 Å². The minimum Gasteiger partial charge on any atom is -0.338 e. The first kappa shape index (κ1) is 17.3. The zero-order valence-corrected chi connectivity index (χ0v) is 15.4. The summed E-state index contributed by atoms with van der Waals surface area (Å²) in [5, 5.41) is 0. The number of pyridine rings is 1. The van der Waals surface area contributed by atoms with E-state index in [4.69, 9.17) is 4.98 Å². The molecule has 1 saturated heterocycles. The highest BCUT2D eigenvalue weighted by atomic mass is 16.2. The highest BCUT2D eigenvalue weighted by Gasteiger charge is 2.28. The number of aryl methyl sites for hydroxylation is 1. The maximum atomic E-state index is 12.9. The fraction of sp³-hybridized carbons (Fsp3) is 0.273. The molecule has 1 aromatic carbocycles. The van der Waals surface area contributed by atoms with Crippen molar-refractivity contribution < 1.29 is 4.79 Å². The Balaban J connectivity index is 1.64. The molecule has 5 heteroatoms. The average molecular weight is 358 g/mol. The fourth-order valence-corrected chi connectivity index (χ4v) is 3.70. The van der Waals surface area contributed by atoms with Crippen LogP contribution in [0.4, 0.5) is 0 Å². The summed E-state index contributed by atoms with van der Waals surface area (Å²) in [6.07, 6.45) is 7.45. The summed E-state index contributed by atoms with van der Waals surface area (Å²) in [4.78, 5) is 28.1. The molecule has 3 heterocycles. The van der Waals surface area contributed by atoms with Crippen molar-refractivity contribution in [1.29, 1.82) is 0 Å². The summed E-state index contributed by atoms with van der Waals surface area (Å²) >= 11 is 0. The highest BCUT2D eigenvalue weighted by molar-refractivity contribution is 5.94. The number of hydrogen-bond acceptors (Lipinski definition) is 4. The van der Waals surface area contributed by atoms with E-state index in [1.165, 1.54) is 0 Å². The minimum atomic E-state index is 0.0940. The van der Waals surface area contributed by atoms with E-state index < -0.39 is 0 Å². The second kappa shape index (κ2) is 7.66. The second-order valence-electron chi connectivity index (χ2n) is 6.91. The Morgan fingerprint density at radius 3 is 2.67 bits per heavy atom. The van der Waals surface area contributed by atoms with E-state index in [1.54, 1.807) is 12.4 Å². The van der Waals surface area contributed by atoms with Gasteiger partial charge in [0.1, 0.15) is 5.82 Å². The molecule has 1 atom stereocenters. The van der Waals surface area contributed by atoms with Gasteiger partial charge in [0.25, 0.3) is 5.91 Å². The predicted molar refractivity (Wildman–Crippen MR) is 104 cm³/mol. The Bertz CT molecular complexity index is 928. The van der Waals surface area contributed by atoms with Crippen LogP contribution in [0.15, 0.2) is 61.1 Å². The van der Waals surface area contributed by atoms with E-state index in [0.29, 0.717) is 6.54 Å². The van der Waals surface area contributed by atoms with E-state index in [0.717, 1.165) is 47.6 Å². The van der Waals surface area contributed by atoms with Gasteiger partial charge in [0.05, 0.1) is 5.69 Å². The zero-order valence-electron chi connectivity index (χ0n) is 15.4. The molecule has 3 aromatic rings. The molecule has 0 saturated carbocycles. The molecule has 5 nitrogen and oxygen atoms in total. The van der Waals surface area contributed by atoms with Crippen LogP contribution in [-0.4, -0.2) is 38.8 Å². The predicted octanol–water partition coefficient (Wildman–Crippen LogP) is 3.87. The first-order valence-electron chi connectivity index (χ1n) is 9.30. The molecule has 2 aromatic heterocycles. The lowest BCUT2D eigenvalue weighted by Gasteiger charge is -2.33. The van der Waals surface area contributed by atoms with Crippen LogP contribution >= 0.6 is 0 Å². The van der Waals surface area contributed by atoms with E-state index in [2.05, 4.69) is 9.97 Å². The van der Waals surface area contributed by atoms with Gasteiger partial charge in [0, 0.05) is 48.7 Å². The Labute approximate surface area is 159 Å². The Kier molecular flexibility index (Phi) is 4.92. The third kappa shape index (κ3) is 3.72. The van der Waals surface area contributed by atoms with E-state index in [1.807, 2.05) is 60.5 Å². The van der Waals surface area contributed by atoms with Gasteiger partial charge in [-0.2, -0.15) is 0 Å². The molecule has 1 amide bonds. The summed E-state index contributed by atoms with van der Waals surface area (Å²) in [6.45, 7) is 3.39. The van der Waals surface area contributed by atoms with Crippen molar-refractivity contribution in [2.45, 2.75) is 25.7 Å². The lowest BCUT2D eigenvalue weighted by Crippen LogP contribution is -2.39. The van der Waals surface area contributed by atoms with Gasteiger partial charge in [0.2, 0.25) is 0 Å². The number of rotatable bonds is 3. The molecule has 1 fully saturated rings. The third-order valence-electron chi connectivity index (χ3n) is 5.05. The van der Waals surface area contributed by atoms with Crippen LogP contribution in [0.1, 0.15) is 40.6 Å². The molecule has 1 aliphatic rings. The molecule has 0 aliphatic carbocycles. The Hall–Kier alpha value is -3.08. The average Bonchev–Trinajstić information content (AvgIpc) is 2.74.